The zero-order valence-electron chi connectivity index (χ0n) is 6.43. The summed E-state index contributed by atoms with van der Waals surface area (Å²) in [5, 5.41) is 0. The molecule has 1 aliphatic heterocycles. The minimum Gasteiger partial charge on any atom is -0.302 e. The Bertz CT molecular complexity index is 116. The van der Waals surface area contributed by atoms with Crippen LogP contribution in [0.3, 0.4) is 0 Å². The fraction of sp³-hybridized carbons (Fsp3) is 0.875. The van der Waals surface area contributed by atoms with Crippen molar-refractivity contribution < 1.29 is 4.79 Å². The van der Waals surface area contributed by atoms with Crippen molar-refractivity contribution in [2.45, 2.75) is 37.4 Å². The molecule has 1 unspecified atom stereocenters. The lowest BCUT2D eigenvalue weighted by molar-refractivity contribution is -0.110. The molecule has 0 bridgehead atoms. The van der Waals surface area contributed by atoms with E-state index in [4.69, 9.17) is 0 Å². The van der Waals surface area contributed by atoms with Gasteiger partial charge in [0.25, 0.3) is 0 Å². The van der Waals surface area contributed by atoms with Crippen molar-refractivity contribution in [2.75, 3.05) is 5.75 Å². The Morgan fingerprint density at radius 3 is 2.90 bits per heavy atom. The number of thioether (sulfide) groups is 1. The molecule has 1 nitrogen and oxygen atoms in total. The molecule has 0 N–H and O–H groups in total. The fourth-order valence-corrected chi connectivity index (χ4v) is 2.89. The van der Waals surface area contributed by atoms with Crippen molar-refractivity contribution in [1.29, 1.82) is 0 Å². The highest BCUT2D eigenvalue weighted by Crippen LogP contribution is 2.39. The van der Waals surface area contributed by atoms with Crippen molar-refractivity contribution in [1.82, 2.24) is 0 Å². The molecule has 0 radical (unpaired) electrons. The van der Waals surface area contributed by atoms with E-state index in [0.29, 0.717) is 0 Å². The summed E-state index contributed by atoms with van der Waals surface area (Å²) in [6, 6.07) is 0. The van der Waals surface area contributed by atoms with Crippen LogP contribution in [-0.4, -0.2) is 16.8 Å². The highest BCUT2D eigenvalue weighted by molar-refractivity contribution is 8.01. The van der Waals surface area contributed by atoms with Crippen LogP contribution < -0.4 is 0 Å². The Morgan fingerprint density at radius 1 is 1.70 bits per heavy atom. The minimum absolute atomic E-state index is 0.0226. The molecule has 1 atom stereocenters. The zero-order valence-corrected chi connectivity index (χ0v) is 7.25. The third-order valence-corrected chi connectivity index (χ3v) is 3.59. The van der Waals surface area contributed by atoms with Crippen molar-refractivity contribution in [3.8, 4) is 0 Å². The molecule has 0 aromatic rings. The first-order chi connectivity index (χ1) is 4.83. The van der Waals surface area contributed by atoms with Gasteiger partial charge in [-0.25, -0.2) is 0 Å². The molecule has 10 heavy (non-hydrogen) atoms. The molecule has 1 rings (SSSR count). The Kier molecular flexibility index (Phi) is 2.78. The Hall–Kier alpha value is 0.0200. The number of rotatable bonds is 3. The van der Waals surface area contributed by atoms with Gasteiger partial charge in [-0.15, -0.1) is 11.8 Å². The van der Waals surface area contributed by atoms with Gasteiger partial charge in [0.2, 0.25) is 0 Å². The van der Waals surface area contributed by atoms with Crippen LogP contribution >= 0.6 is 11.8 Å². The van der Waals surface area contributed by atoms with E-state index in [9.17, 15) is 4.79 Å². The summed E-state index contributed by atoms with van der Waals surface area (Å²) in [6.45, 7) is 2.14. The first kappa shape index (κ1) is 8.12. The van der Waals surface area contributed by atoms with Crippen LogP contribution in [0.5, 0.6) is 0 Å². The van der Waals surface area contributed by atoms with Crippen LogP contribution in [0, 0.1) is 0 Å². The van der Waals surface area contributed by atoms with E-state index in [1.54, 1.807) is 0 Å². The Balaban J connectivity index is 2.49. The lowest BCUT2D eigenvalue weighted by Gasteiger charge is -2.18. The van der Waals surface area contributed by atoms with Crippen LogP contribution in [0.4, 0.5) is 0 Å². The first-order valence-corrected chi connectivity index (χ1v) is 4.92. The molecule has 0 aromatic carbocycles. The van der Waals surface area contributed by atoms with Gasteiger partial charge in [-0.05, 0) is 25.0 Å². The Labute approximate surface area is 66.6 Å². The summed E-state index contributed by atoms with van der Waals surface area (Å²) in [6.07, 6.45) is 5.69. The van der Waals surface area contributed by atoms with Crippen molar-refractivity contribution in [3.05, 3.63) is 0 Å². The van der Waals surface area contributed by atoms with E-state index in [2.05, 4.69) is 6.92 Å². The summed E-state index contributed by atoms with van der Waals surface area (Å²) in [4.78, 5) is 10.7. The predicted octanol–water partition coefficient (Wildman–Crippen LogP) is 2.25. The van der Waals surface area contributed by atoms with Crippen molar-refractivity contribution in [3.63, 3.8) is 0 Å². The maximum absolute atomic E-state index is 10.7. The molecule has 0 aromatic heterocycles. The monoisotopic (exact) mass is 158 g/mol. The van der Waals surface area contributed by atoms with E-state index < -0.39 is 0 Å². The quantitative estimate of drug-likeness (QED) is 0.586. The molecule has 0 spiro atoms. The second-order valence-electron chi connectivity index (χ2n) is 2.88. The average Bonchev–Trinajstić information content (AvgIpc) is 2.39. The SMILES string of the molecule is CCCC1(C=O)CCCS1. The predicted molar refractivity (Wildman–Crippen MR) is 45.4 cm³/mol. The molecule has 2 heteroatoms. The summed E-state index contributed by atoms with van der Waals surface area (Å²) >= 11 is 1.85. The van der Waals surface area contributed by atoms with E-state index in [-0.39, 0.29) is 4.75 Å². The molecule has 1 saturated heterocycles. The third-order valence-electron chi connectivity index (χ3n) is 2.02. The fourth-order valence-electron chi connectivity index (χ4n) is 1.49. The summed E-state index contributed by atoms with van der Waals surface area (Å²) in [7, 11) is 0. The van der Waals surface area contributed by atoms with Gasteiger partial charge in [-0.3, -0.25) is 0 Å². The third kappa shape index (κ3) is 1.54. The number of hydrogen-bond donors (Lipinski definition) is 0. The summed E-state index contributed by atoms with van der Waals surface area (Å²) in [5.41, 5.74) is 0. The van der Waals surface area contributed by atoms with E-state index in [1.807, 2.05) is 11.8 Å². The Morgan fingerprint density at radius 2 is 2.50 bits per heavy atom. The lowest BCUT2D eigenvalue weighted by Crippen LogP contribution is -2.22. The molecular weight excluding hydrogens is 144 g/mol. The van der Waals surface area contributed by atoms with Gasteiger partial charge >= 0.3 is 0 Å². The van der Waals surface area contributed by atoms with E-state index in [1.165, 1.54) is 12.2 Å². The smallest absolute Gasteiger partial charge is 0.136 e. The summed E-state index contributed by atoms with van der Waals surface area (Å²) < 4.78 is 0.0226. The van der Waals surface area contributed by atoms with Gasteiger partial charge in [-0.2, -0.15) is 0 Å². The minimum atomic E-state index is 0.0226. The second kappa shape index (κ2) is 3.42. The normalized spacial score (nSPS) is 32.5. The standard InChI is InChI=1S/C8H14OS/c1-2-4-8(7-9)5-3-6-10-8/h7H,2-6H2,1H3. The number of hydrogen-bond acceptors (Lipinski definition) is 2. The molecular formula is C8H14OS. The van der Waals surface area contributed by atoms with Gasteiger partial charge in [0, 0.05) is 0 Å². The number of aldehydes is 1. The number of carbonyl (C=O) groups is 1. The molecule has 0 saturated carbocycles. The molecule has 1 fully saturated rings. The van der Waals surface area contributed by atoms with Gasteiger partial charge in [0.1, 0.15) is 6.29 Å². The average molecular weight is 158 g/mol. The molecule has 1 heterocycles. The molecule has 0 amide bonds. The van der Waals surface area contributed by atoms with Crippen molar-refractivity contribution in [2.24, 2.45) is 0 Å². The van der Waals surface area contributed by atoms with Crippen molar-refractivity contribution >= 4 is 18.0 Å². The van der Waals surface area contributed by atoms with Crippen LogP contribution in [0.2, 0.25) is 0 Å². The van der Waals surface area contributed by atoms with Gasteiger partial charge in [0.15, 0.2) is 0 Å². The largest absolute Gasteiger partial charge is 0.302 e. The summed E-state index contributed by atoms with van der Waals surface area (Å²) in [5.74, 6) is 1.18. The van der Waals surface area contributed by atoms with E-state index >= 15 is 0 Å². The van der Waals surface area contributed by atoms with E-state index in [0.717, 1.165) is 25.5 Å². The zero-order chi connectivity index (χ0) is 7.45. The molecule has 0 aliphatic carbocycles. The molecule has 58 valence electrons. The van der Waals surface area contributed by atoms with Crippen LogP contribution in [0.1, 0.15) is 32.6 Å². The van der Waals surface area contributed by atoms with Crippen LogP contribution in [-0.2, 0) is 4.79 Å². The second-order valence-corrected chi connectivity index (χ2v) is 4.39. The highest BCUT2D eigenvalue weighted by atomic mass is 32.2. The molecule has 1 aliphatic rings. The van der Waals surface area contributed by atoms with Crippen LogP contribution in [0.25, 0.3) is 0 Å². The van der Waals surface area contributed by atoms with Gasteiger partial charge in [-0.1, -0.05) is 13.3 Å². The maximum atomic E-state index is 10.7. The van der Waals surface area contributed by atoms with Crippen LogP contribution in [0.15, 0.2) is 0 Å². The number of carbonyl (C=O) groups excluding carboxylic acids is 1. The maximum Gasteiger partial charge on any atom is 0.136 e. The lowest BCUT2D eigenvalue weighted by atomic mass is 10.00. The van der Waals surface area contributed by atoms with Gasteiger partial charge < -0.3 is 4.79 Å². The highest BCUT2D eigenvalue weighted by Gasteiger charge is 2.32. The topological polar surface area (TPSA) is 17.1 Å². The van der Waals surface area contributed by atoms with Gasteiger partial charge in [0.05, 0.1) is 4.75 Å². The first-order valence-electron chi connectivity index (χ1n) is 3.93.